The van der Waals surface area contributed by atoms with Crippen LogP contribution in [0.15, 0.2) is 60.5 Å². The Morgan fingerprint density at radius 2 is 2.02 bits per heavy atom. The molecule has 0 saturated carbocycles. The normalized spacial score (nSPS) is 17.0. The van der Waals surface area contributed by atoms with Crippen molar-refractivity contribution in [1.82, 2.24) is 19.7 Å². The van der Waals surface area contributed by atoms with Gasteiger partial charge < -0.3 is 32.9 Å². The van der Waals surface area contributed by atoms with Crippen molar-refractivity contribution in [2.24, 2.45) is 5.73 Å². The minimum Gasteiger partial charge on any atom is -1.00 e. The molecule has 4 aromatic rings. The molecule has 44 heavy (non-hydrogen) atoms. The van der Waals surface area contributed by atoms with Gasteiger partial charge in [-0.2, -0.15) is 9.83 Å². The molecule has 1 aliphatic heterocycles. The summed E-state index contributed by atoms with van der Waals surface area (Å²) in [6, 6.07) is 11.8. The van der Waals surface area contributed by atoms with Crippen molar-refractivity contribution in [1.29, 1.82) is 5.26 Å². The highest BCUT2D eigenvalue weighted by molar-refractivity contribution is 7.10. The lowest BCUT2D eigenvalue weighted by Gasteiger charge is -2.32. The highest BCUT2D eigenvalue weighted by atomic mass is 35.5. The van der Waals surface area contributed by atoms with Gasteiger partial charge in [0, 0.05) is 53.6 Å². The van der Waals surface area contributed by atoms with E-state index in [1.807, 2.05) is 0 Å². The minimum atomic E-state index is -1.97. The lowest BCUT2D eigenvalue weighted by atomic mass is 9.82. The number of carbonyl (C=O) groups excluding carboxylic acids is 1. The average Bonchev–Trinajstić information content (AvgIpc) is 3.75. The van der Waals surface area contributed by atoms with Gasteiger partial charge in [-0.15, -0.1) is 28.4 Å². The zero-order chi connectivity index (χ0) is 30.0. The Morgan fingerprint density at radius 3 is 2.68 bits per heavy atom. The average molecular weight is 667 g/mol. The summed E-state index contributed by atoms with van der Waals surface area (Å²) in [5.74, 6) is -2.27. The predicted octanol–water partition coefficient (Wildman–Crippen LogP) is 1.25. The number of aromatic nitrogens is 4. The molecule has 1 amide bonds. The highest BCUT2D eigenvalue weighted by Gasteiger charge is 2.43. The van der Waals surface area contributed by atoms with Gasteiger partial charge in [-0.1, -0.05) is 19.1 Å². The molecule has 0 aliphatic carbocycles. The van der Waals surface area contributed by atoms with E-state index in [1.165, 1.54) is 33.2 Å². The first-order valence-electron chi connectivity index (χ1n) is 13.4. The van der Waals surface area contributed by atoms with Crippen LogP contribution in [0.4, 0.5) is 13.6 Å². The van der Waals surface area contributed by atoms with Crippen LogP contribution in [0.3, 0.4) is 0 Å². The second-order valence-electron chi connectivity index (χ2n) is 10.4. The first-order chi connectivity index (χ1) is 20.1. The molecule has 0 spiro atoms. The van der Waals surface area contributed by atoms with Crippen LogP contribution in [0.1, 0.15) is 48.5 Å². The number of carbonyl (C=O) groups is 1. The number of nitriles is 1. The van der Waals surface area contributed by atoms with Gasteiger partial charge in [0.2, 0.25) is 12.6 Å². The molecule has 1 aliphatic rings. The molecule has 2 aromatic carbocycles. The van der Waals surface area contributed by atoms with Crippen molar-refractivity contribution in [2.75, 3.05) is 13.1 Å². The highest BCUT2D eigenvalue weighted by Crippen LogP contribution is 2.41. The van der Waals surface area contributed by atoms with Crippen molar-refractivity contribution in [3.05, 3.63) is 88.3 Å². The fourth-order valence-electron chi connectivity index (χ4n) is 4.91. The maximum absolute atomic E-state index is 15.2. The van der Waals surface area contributed by atoms with E-state index in [1.54, 1.807) is 48.4 Å². The Balaban J connectivity index is 0.00000264. The van der Waals surface area contributed by atoms with Crippen molar-refractivity contribution in [3.63, 3.8) is 0 Å². The van der Waals surface area contributed by atoms with Crippen LogP contribution in [0.2, 0.25) is 0 Å². The summed E-state index contributed by atoms with van der Waals surface area (Å²) >= 11 is 1.28. The van der Waals surface area contributed by atoms with Gasteiger partial charge in [-0.05, 0) is 36.8 Å². The topological polar surface area (TPSA) is 134 Å². The molecule has 15 heteroatoms. The van der Waals surface area contributed by atoms with Crippen LogP contribution in [0.5, 0.6) is 0 Å². The van der Waals surface area contributed by atoms with Crippen molar-refractivity contribution < 1.29 is 40.4 Å². The van der Waals surface area contributed by atoms with Gasteiger partial charge in [0.25, 0.3) is 6.33 Å². The Kier molecular flexibility index (Phi) is 11.4. The third kappa shape index (κ3) is 7.34. The molecular weight excluding hydrogens is 635 g/mol. The molecule has 3 heterocycles. The number of hydrogen-bond acceptors (Lipinski definition) is 8. The quantitative estimate of drug-likeness (QED) is 0.271. The number of benzene rings is 2. The molecule has 0 radical (unpaired) electrons. The van der Waals surface area contributed by atoms with E-state index in [9.17, 15) is 14.3 Å². The largest absolute Gasteiger partial charge is 1.00 e. The summed E-state index contributed by atoms with van der Waals surface area (Å²) in [5, 5.41) is 27.8. The fraction of sp³-hybridized carbons (Fsp3) is 0.345. The van der Waals surface area contributed by atoms with Gasteiger partial charge in [0.05, 0.1) is 22.3 Å². The maximum Gasteiger partial charge on any atom is 0.412 e. The second-order valence-corrected chi connectivity index (χ2v) is 11.3. The molecule has 3 N–H and O–H groups in total. The number of hydrogen-bond donors (Lipinski definition) is 2. The zero-order valence-electron chi connectivity index (χ0n) is 23.8. The summed E-state index contributed by atoms with van der Waals surface area (Å²) in [5.41, 5.74) is 5.59. The number of amides is 1. The molecular formula is C29H31Cl2F2N7O3S. The van der Waals surface area contributed by atoms with Crippen LogP contribution < -0.4 is 22.7 Å². The molecule has 10 nitrogen and oxygen atoms in total. The molecule has 1 saturated heterocycles. The van der Waals surface area contributed by atoms with E-state index in [-0.39, 0.29) is 43.0 Å². The van der Waals surface area contributed by atoms with Crippen LogP contribution in [-0.2, 0) is 16.9 Å². The van der Waals surface area contributed by atoms with E-state index in [0.717, 1.165) is 23.8 Å². The lowest BCUT2D eigenvalue weighted by Crippen LogP contribution is -3.00. The number of nitrogens with two attached hydrogens (primary N) is 1. The zero-order valence-corrected chi connectivity index (χ0v) is 26.2. The standard InChI is InChI=1S/C29H30F2N7O3S.2ClH/c1-18(27-35-26(14-42-27)21-5-3-20(12-32)4-6-21)29(40,24-11-22(30)7-8-25(24)31)15-38-17-37(16-34-38)19(2)41-28(39)36-10-9-23(33)13-36;;/h3-8,11,14,16-19,23,40H,9-10,13,15,33H2,1-2H3;2*1H/q+1;;/p-1. The summed E-state index contributed by atoms with van der Waals surface area (Å²) in [6.07, 6.45) is 2.42. The third-order valence-corrected chi connectivity index (χ3v) is 8.52. The SMILES string of the molecule is CC(OC(=O)N1CCC(N)C1)[n+]1cnn(CC(O)(c2cc(F)ccc2F)C(C)c2nc(-c3ccc(C#N)cc3)cs2)c1.Cl.[Cl-]. The van der Waals surface area contributed by atoms with Crippen molar-refractivity contribution >= 4 is 29.8 Å². The van der Waals surface area contributed by atoms with Crippen molar-refractivity contribution in [3.8, 4) is 17.3 Å². The van der Waals surface area contributed by atoms with E-state index >= 15 is 4.39 Å². The second kappa shape index (κ2) is 14.4. The van der Waals surface area contributed by atoms with Crippen molar-refractivity contribution in [2.45, 2.75) is 50.6 Å². The van der Waals surface area contributed by atoms with Crippen LogP contribution in [-0.4, -0.2) is 50.0 Å². The monoisotopic (exact) mass is 665 g/mol. The van der Waals surface area contributed by atoms with E-state index < -0.39 is 35.5 Å². The molecule has 0 bridgehead atoms. The van der Waals surface area contributed by atoms with Gasteiger partial charge in [0.15, 0.2) is 0 Å². The number of halogens is 4. The summed E-state index contributed by atoms with van der Waals surface area (Å²) < 4.78 is 38.0. The van der Waals surface area contributed by atoms with Gasteiger partial charge in [-0.25, -0.2) is 18.6 Å². The Labute approximate surface area is 269 Å². The lowest BCUT2D eigenvalue weighted by molar-refractivity contribution is -0.753. The smallest absolute Gasteiger partial charge is 0.412 e. The number of rotatable bonds is 8. The number of thiazole rings is 1. The van der Waals surface area contributed by atoms with Crippen LogP contribution >= 0.6 is 23.7 Å². The summed E-state index contributed by atoms with van der Waals surface area (Å²) in [6.45, 7) is 4.04. The van der Waals surface area contributed by atoms with E-state index in [2.05, 4.69) is 16.2 Å². The minimum absolute atomic E-state index is 0. The molecule has 2 aromatic heterocycles. The molecule has 1 fully saturated rings. The van der Waals surface area contributed by atoms with E-state index in [0.29, 0.717) is 35.8 Å². The molecule has 4 atom stereocenters. The fourth-order valence-corrected chi connectivity index (χ4v) is 5.89. The van der Waals surface area contributed by atoms with Crippen LogP contribution in [0, 0.1) is 23.0 Å². The summed E-state index contributed by atoms with van der Waals surface area (Å²) in [4.78, 5) is 18.7. The van der Waals surface area contributed by atoms with E-state index in [4.69, 9.17) is 15.7 Å². The predicted molar refractivity (Wildman–Crippen MR) is 156 cm³/mol. The Hall–Kier alpha value is -3.67. The first-order valence-corrected chi connectivity index (χ1v) is 14.2. The molecule has 4 unspecified atom stereocenters. The number of likely N-dealkylation sites (tertiary alicyclic amines) is 1. The number of ether oxygens (including phenoxy) is 1. The molecule has 5 rings (SSSR count). The van der Waals surface area contributed by atoms with Gasteiger partial charge in [0.1, 0.15) is 23.8 Å². The van der Waals surface area contributed by atoms with Crippen LogP contribution in [0.25, 0.3) is 11.3 Å². The Morgan fingerprint density at radius 1 is 1.30 bits per heavy atom. The van der Waals surface area contributed by atoms with Gasteiger partial charge in [-0.3, -0.25) is 0 Å². The van der Waals surface area contributed by atoms with Gasteiger partial charge >= 0.3 is 6.09 Å². The Bertz CT molecular complexity index is 1630. The first kappa shape index (κ1) is 34.8. The molecule has 234 valence electrons. The number of aliphatic hydroxyl groups is 1. The number of nitrogens with zero attached hydrogens (tertiary/aromatic N) is 6. The maximum atomic E-state index is 15.2. The summed E-state index contributed by atoms with van der Waals surface area (Å²) in [7, 11) is 0. The third-order valence-electron chi connectivity index (χ3n) is 7.49.